The highest BCUT2D eigenvalue weighted by molar-refractivity contribution is 7.93. The second kappa shape index (κ2) is 10.1. The first-order valence-electron chi connectivity index (χ1n) is 12.6. The van der Waals surface area contributed by atoms with E-state index in [2.05, 4.69) is 28.5 Å². The molecule has 1 aliphatic carbocycles. The quantitative estimate of drug-likeness (QED) is 0.448. The topological polar surface area (TPSA) is 66.4 Å². The monoisotopic (exact) mass is 526 g/mol. The van der Waals surface area contributed by atoms with E-state index in [-0.39, 0.29) is 25.1 Å². The van der Waals surface area contributed by atoms with Crippen LogP contribution < -0.4 is 10.1 Å². The smallest absolute Gasteiger partial charge is 0.416 e. The van der Waals surface area contributed by atoms with Gasteiger partial charge in [-0.25, -0.2) is 0 Å². The molecule has 4 aliphatic rings. The third kappa shape index (κ3) is 4.93. The molecule has 1 aromatic rings. The van der Waals surface area contributed by atoms with Crippen molar-refractivity contribution in [1.82, 2.24) is 15.1 Å². The summed E-state index contributed by atoms with van der Waals surface area (Å²) in [4.78, 5) is 18.0. The molecule has 5 rings (SSSR count). The van der Waals surface area contributed by atoms with Crippen molar-refractivity contribution >= 4 is 24.0 Å². The molecule has 2 fully saturated rings. The number of amidine groups is 1. The number of nitrogens with one attached hydrogen (secondary N) is 1. The molecule has 0 unspecified atom stereocenters. The molecule has 0 radical (unpaired) electrons. The number of piperidine rings is 1. The molecule has 11 heteroatoms. The van der Waals surface area contributed by atoms with Crippen LogP contribution in [0.25, 0.3) is 0 Å². The summed E-state index contributed by atoms with van der Waals surface area (Å²) in [5.74, 6) is 1.95. The molecule has 0 spiro atoms. The molecular weight excluding hydrogens is 493 g/mol. The van der Waals surface area contributed by atoms with Gasteiger partial charge in [0.1, 0.15) is 30.5 Å². The number of ether oxygens (including phenoxy) is 1. The molecule has 1 saturated heterocycles. The van der Waals surface area contributed by atoms with Gasteiger partial charge in [-0.3, -0.25) is 8.98 Å². The van der Waals surface area contributed by atoms with Crippen LogP contribution >= 0.6 is 12.2 Å². The van der Waals surface area contributed by atoms with E-state index in [0.717, 1.165) is 75.4 Å². The maximum Gasteiger partial charge on any atom is 0.416 e. The molecule has 2 atom stereocenters. The first-order chi connectivity index (χ1) is 17.2. The predicted molar refractivity (Wildman–Crippen MR) is 131 cm³/mol. The van der Waals surface area contributed by atoms with Gasteiger partial charge in [0.05, 0.1) is 17.5 Å². The first-order valence-corrected chi connectivity index (χ1v) is 13.3. The number of rotatable bonds is 4. The first kappa shape index (κ1) is 25.7. The Labute approximate surface area is 214 Å². The molecular formula is C25H33F3N4O3S. The number of carbonyl (C=O) groups is 1. The minimum Gasteiger partial charge on any atom is -0.473 e. The Kier molecular flexibility index (Phi) is 7.17. The highest BCUT2D eigenvalue weighted by Crippen LogP contribution is 2.48. The Morgan fingerprint density at radius 2 is 2.03 bits per heavy atom. The van der Waals surface area contributed by atoms with Gasteiger partial charge in [-0.1, -0.05) is 13.8 Å². The number of fused-ring (bicyclic) bond motifs is 1. The van der Waals surface area contributed by atoms with Crippen molar-refractivity contribution in [2.75, 3.05) is 26.6 Å². The number of amides is 1. The van der Waals surface area contributed by atoms with Crippen molar-refractivity contribution in [3.05, 3.63) is 29.3 Å². The van der Waals surface area contributed by atoms with Gasteiger partial charge < -0.3 is 19.9 Å². The fourth-order valence-corrected chi connectivity index (χ4v) is 6.63. The molecule has 1 amide bonds. The largest absolute Gasteiger partial charge is 0.473 e. The van der Waals surface area contributed by atoms with E-state index in [1.54, 1.807) is 4.90 Å². The standard InChI is InChI=1S/C25H33F3N4O3S/c1-16(2)24(23(33)32-13-18-11-19(25(26,27)28)3-4-21(18)34-15-32)8-5-20(12-24)31-9-6-17(7-10-31)22-29-14-35-36-30-22/h3-4,11,16-17,20H,5-10,12-15H2,1-2H3,(H,29,30)/t20-,24+/m1/s1. The van der Waals surface area contributed by atoms with Crippen molar-refractivity contribution in [2.45, 2.75) is 64.7 Å². The van der Waals surface area contributed by atoms with Crippen LogP contribution in [0.5, 0.6) is 5.75 Å². The second-order valence-electron chi connectivity index (χ2n) is 10.6. The van der Waals surface area contributed by atoms with Crippen LogP contribution in [-0.4, -0.2) is 54.1 Å². The van der Waals surface area contributed by atoms with E-state index in [1.165, 1.54) is 6.07 Å². The van der Waals surface area contributed by atoms with Gasteiger partial charge in [0, 0.05) is 17.5 Å². The molecule has 0 bridgehead atoms. The molecule has 1 saturated carbocycles. The maximum atomic E-state index is 13.9. The van der Waals surface area contributed by atoms with Crippen LogP contribution in [-0.2, 0) is 21.7 Å². The van der Waals surface area contributed by atoms with Crippen molar-refractivity contribution in [2.24, 2.45) is 21.6 Å². The van der Waals surface area contributed by atoms with E-state index in [9.17, 15) is 18.0 Å². The van der Waals surface area contributed by atoms with E-state index < -0.39 is 17.2 Å². The summed E-state index contributed by atoms with van der Waals surface area (Å²) >= 11 is 1.14. The molecule has 36 heavy (non-hydrogen) atoms. The maximum absolute atomic E-state index is 13.9. The Morgan fingerprint density at radius 3 is 2.69 bits per heavy atom. The Bertz CT molecular complexity index is 1010. The predicted octanol–water partition coefficient (Wildman–Crippen LogP) is 4.83. The molecule has 7 nitrogen and oxygen atoms in total. The molecule has 3 heterocycles. The van der Waals surface area contributed by atoms with Crippen molar-refractivity contribution in [3.8, 4) is 5.75 Å². The number of likely N-dealkylation sites (tertiary alicyclic amines) is 1. The number of benzene rings is 1. The van der Waals surface area contributed by atoms with Crippen LogP contribution in [0.1, 0.15) is 57.1 Å². The summed E-state index contributed by atoms with van der Waals surface area (Å²) in [5, 5.41) is 3.24. The van der Waals surface area contributed by atoms with Crippen LogP contribution in [0.15, 0.2) is 22.6 Å². The lowest BCUT2D eigenvalue weighted by atomic mass is 9.74. The molecule has 1 aromatic carbocycles. The number of nitrogens with zero attached hydrogens (tertiary/aromatic N) is 3. The molecule has 3 aliphatic heterocycles. The van der Waals surface area contributed by atoms with Gasteiger partial charge >= 0.3 is 6.18 Å². The van der Waals surface area contributed by atoms with Crippen molar-refractivity contribution in [1.29, 1.82) is 0 Å². The SMILES string of the molecule is CC(C)[C@]1(C(=O)N2COc3ccc(C(F)(F)F)cc3C2)CC[C@@H](N2CCC(C3=NSOCN3)CC2)C1. The van der Waals surface area contributed by atoms with Crippen LogP contribution in [0.3, 0.4) is 0 Å². The van der Waals surface area contributed by atoms with Crippen LogP contribution in [0.2, 0.25) is 0 Å². The lowest BCUT2D eigenvalue weighted by molar-refractivity contribution is -0.150. The van der Waals surface area contributed by atoms with Crippen molar-refractivity contribution in [3.63, 3.8) is 0 Å². The zero-order valence-corrected chi connectivity index (χ0v) is 21.5. The highest BCUT2D eigenvalue weighted by Gasteiger charge is 2.51. The Morgan fingerprint density at radius 1 is 1.25 bits per heavy atom. The summed E-state index contributed by atoms with van der Waals surface area (Å²) in [6, 6.07) is 3.81. The number of alkyl halides is 3. The van der Waals surface area contributed by atoms with Gasteiger partial charge in [-0.2, -0.15) is 17.6 Å². The van der Waals surface area contributed by atoms with Crippen molar-refractivity contribution < 1.29 is 26.9 Å². The van der Waals surface area contributed by atoms with E-state index >= 15 is 0 Å². The zero-order valence-electron chi connectivity index (χ0n) is 20.6. The average Bonchev–Trinajstić information content (AvgIpc) is 3.35. The van der Waals surface area contributed by atoms with Crippen LogP contribution in [0, 0.1) is 17.3 Å². The summed E-state index contributed by atoms with van der Waals surface area (Å²) in [5.41, 5.74) is -0.849. The number of halogens is 3. The third-order valence-corrected chi connectivity index (χ3v) is 8.89. The summed E-state index contributed by atoms with van der Waals surface area (Å²) in [6.07, 6.45) is 0.0960. The van der Waals surface area contributed by atoms with Gasteiger partial charge in [-0.15, -0.1) is 0 Å². The van der Waals surface area contributed by atoms with Gasteiger partial charge in [0.15, 0.2) is 6.73 Å². The minimum absolute atomic E-state index is 0.00395. The third-order valence-electron chi connectivity index (χ3n) is 8.40. The molecule has 1 N–H and O–H groups in total. The second-order valence-corrected chi connectivity index (χ2v) is 11.2. The van der Waals surface area contributed by atoms with Gasteiger partial charge in [0.2, 0.25) is 5.91 Å². The summed E-state index contributed by atoms with van der Waals surface area (Å²) < 4.78 is 55.0. The average molecular weight is 527 g/mol. The van der Waals surface area contributed by atoms with Crippen LogP contribution in [0.4, 0.5) is 13.2 Å². The molecule has 198 valence electrons. The van der Waals surface area contributed by atoms with Gasteiger partial charge in [-0.05, 0) is 69.3 Å². The number of hydrogen-bond acceptors (Lipinski definition) is 7. The lowest BCUT2D eigenvalue weighted by Crippen LogP contribution is -2.49. The van der Waals surface area contributed by atoms with Gasteiger partial charge in [0.25, 0.3) is 0 Å². The highest BCUT2D eigenvalue weighted by atomic mass is 32.2. The van der Waals surface area contributed by atoms with E-state index in [4.69, 9.17) is 8.92 Å². The Hall–Kier alpha value is -1.98. The summed E-state index contributed by atoms with van der Waals surface area (Å²) in [7, 11) is 0. The van der Waals surface area contributed by atoms with E-state index in [0.29, 0.717) is 30.0 Å². The normalized spacial score (nSPS) is 27.9. The summed E-state index contributed by atoms with van der Waals surface area (Å²) in [6.45, 7) is 6.78. The number of hydrogen-bond donors (Lipinski definition) is 1. The Balaban J connectivity index is 1.25. The minimum atomic E-state index is -4.43. The fourth-order valence-electron chi connectivity index (χ4n) is 6.18. The molecule has 0 aromatic heterocycles. The number of carbonyl (C=O) groups excluding carboxylic acids is 1. The van der Waals surface area contributed by atoms with E-state index in [1.807, 2.05) is 0 Å². The fraction of sp³-hybridized carbons (Fsp3) is 0.680. The zero-order chi connectivity index (χ0) is 25.5. The lowest BCUT2D eigenvalue weighted by Gasteiger charge is -2.41.